The third-order valence-electron chi connectivity index (χ3n) is 3.55. The molecular weight excluding hydrogens is 258 g/mol. The molecule has 0 aliphatic carbocycles. The first kappa shape index (κ1) is 15.6. The molecule has 0 atom stereocenters. The van der Waals surface area contributed by atoms with Gasteiger partial charge >= 0.3 is 0 Å². The van der Waals surface area contributed by atoms with Crippen molar-refractivity contribution in [2.24, 2.45) is 17.1 Å². The number of thiocarbonyl (C=S) groups is 1. The average Bonchev–Trinajstić information content (AvgIpc) is 2.36. The Bertz CT molecular complexity index is 466. The van der Waals surface area contributed by atoms with Gasteiger partial charge in [-0.1, -0.05) is 39.9 Å². The molecule has 0 aromatic carbocycles. The van der Waals surface area contributed by atoms with Crippen LogP contribution in [0.3, 0.4) is 0 Å². The molecular formula is C14H21N3OS. The second-order valence-corrected chi connectivity index (χ2v) is 6.06. The predicted octanol–water partition coefficient (Wildman–Crippen LogP) is 2.13. The fraction of sp³-hybridized carbons (Fsp3) is 0.500. The van der Waals surface area contributed by atoms with Crippen LogP contribution in [0.4, 0.5) is 0 Å². The zero-order valence-corrected chi connectivity index (χ0v) is 12.7. The van der Waals surface area contributed by atoms with E-state index in [0.29, 0.717) is 23.7 Å². The lowest BCUT2D eigenvalue weighted by atomic mass is 9.81. The van der Waals surface area contributed by atoms with Gasteiger partial charge in [-0.3, -0.25) is 9.78 Å². The first-order valence-corrected chi connectivity index (χ1v) is 6.69. The molecule has 1 heterocycles. The van der Waals surface area contributed by atoms with Crippen molar-refractivity contribution >= 4 is 23.1 Å². The number of aromatic nitrogens is 1. The van der Waals surface area contributed by atoms with Crippen LogP contribution in [-0.2, 0) is 0 Å². The van der Waals surface area contributed by atoms with Gasteiger partial charge in [0.05, 0.1) is 0 Å². The zero-order chi connectivity index (χ0) is 14.6. The number of rotatable bonds is 5. The average molecular weight is 279 g/mol. The van der Waals surface area contributed by atoms with E-state index >= 15 is 0 Å². The molecule has 0 radical (unpaired) electrons. The van der Waals surface area contributed by atoms with E-state index in [1.807, 2.05) is 0 Å². The lowest BCUT2D eigenvalue weighted by Crippen LogP contribution is -2.37. The fourth-order valence-corrected chi connectivity index (χ4v) is 1.40. The largest absolute Gasteiger partial charge is 0.389 e. The van der Waals surface area contributed by atoms with Crippen molar-refractivity contribution < 1.29 is 4.79 Å². The Morgan fingerprint density at radius 3 is 2.53 bits per heavy atom. The first-order valence-electron chi connectivity index (χ1n) is 6.28. The van der Waals surface area contributed by atoms with Crippen molar-refractivity contribution in [2.75, 3.05) is 6.54 Å². The summed E-state index contributed by atoms with van der Waals surface area (Å²) in [4.78, 5) is 16.3. The summed E-state index contributed by atoms with van der Waals surface area (Å²) in [5.41, 5.74) is 6.57. The summed E-state index contributed by atoms with van der Waals surface area (Å²) in [6.07, 6.45) is 1.52. The lowest BCUT2D eigenvalue weighted by molar-refractivity contribution is 0.0920. The molecule has 4 nitrogen and oxygen atoms in total. The minimum absolute atomic E-state index is 0.0500. The summed E-state index contributed by atoms with van der Waals surface area (Å²) in [6, 6.07) is 3.34. The Morgan fingerprint density at radius 1 is 1.47 bits per heavy atom. The Labute approximate surface area is 119 Å². The van der Waals surface area contributed by atoms with Gasteiger partial charge in [-0.25, -0.2) is 0 Å². The molecule has 0 unspecified atom stereocenters. The maximum atomic E-state index is 12.0. The van der Waals surface area contributed by atoms with E-state index < -0.39 is 0 Å². The maximum Gasteiger partial charge on any atom is 0.269 e. The van der Waals surface area contributed by atoms with Crippen LogP contribution in [0.2, 0.25) is 0 Å². The van der Waals surface area contributed by atoms with Crippen LogP contribution in [0, 0.1) is 11.3 Å². The minimum Gasteiger partial charge on any atom is -0.389 e. The summed E-state index contributed by atoms with van der Waals surface area (Å²) in [7, 11) is 0. The number of nitrogens with zero attached hydrogens (tertiary/aromatic N) is 1. The van der Waals surface area contributed by atoms with E-state index in [4.69, 9.17) is 18.0 Å². The second-order valence-electron chi connectivity index (χ2n) is 5.62. The fourth-order valence-electron chi connectivity index (χ4n) is 1.28. The van der Waals surface area contributed by atoms with Gasteiger partial charge in [0.1, 0.15) is 10.7 Å². The van der Waals surface area contributed by atoms with Crippen LogP contribution in [-0.4, -0.2) is 22.4 Å². The third kappa shape index (κ3) is 4.28. The molecule has 19 heavy (non-hydrogen) atoms. The van der Waals surface area contributed by atoms with Crippen molar-refractivity contribution in [1.82, 2.24) is 10.3 Å². The number of nitrogens with one attached hydrogen (secondary N) is 1. The highest BCUT2D eigenvalue weighted by atomic mass is 32.1. The van der Waals surface area contributed by atoms with Crippen molar-refractivity contribution in [3.05, 3.63) is 29.6 Å². The van der Waals surface area contributed by atoms with Crippen LogP contribution < -0.4 is 11.1 Å². The summed E-state index contributed by atoms with van der Waals surface area (Å²) < 4.78 is 0. The van der Waals surface area contributed by atoms with Crippen molar-refractivity contribution in [1.29, 1.82) is 0 Å². The number of carbonyl (C=O) groups is 1. The number of carbonyl (C=O) groups excluding carboxylic acids is 1. The summed E-state index contributed by atoms with van der Waals surface area (Å²) >= 11 is 4.84. The smallest absolute Gasteiger partial charge is 0.269 e. The molecule has 1 rings (SSSR count). The Morgan fingerprint density at radius 2 is 2.11 bits per heavy atom. The second kappa shape index (κ2) is 6.10. The number of hydrogen-bond donors (Lipinski definition) is 2. The van der Waals surface area contributed by atoms with Crippen molar-refractivity contribution in [3.63, 3.8) is 0 Å². The molecule has 0 aliphatic heterocycles. The van der Waals surface area contributed by atoms with E-state index in [1.165, 1.54) is 6.20 Å². The van der Waals surface area contributed by atoms with Crippen LogP contribution in [0.5, 0.6) is 0 Å². The molecule has 0 aliphatic rings. The first-order chi connectivity index (χ1) is 8.74. The number of pyridine rings is 1. The quantitative estimate of drug-likeness (QED) is 0.810. The number of amides is 1. The van der Waals surface area contributed by atoms with Crippen LogP contribution in [0.1, 0.15) is 43.7 Å². The minimum atomic E-state index is -0.178. The molecule has 0 bridgehead atoms. The van der Waals surface area contributed by atoms with Crippen LogP contribution in [0.15, 0.2) is 18.3 Å². The Hall–Kier alpha value is -1.49. The van der Waals surface area contributed by atoms with Gasteiger partial charge in [0.2, 0.25) is 0 Å². The number of nitrogens with two attached hydrogens (primary N) is 1. The molecule has 1 aromatic rings. The lowest BCUT2D eigenvalue weighted by Gasteiger charge is -2.29. The van der Waals surface area contributed by atoms with Gasteiger partial charge in [0.15, 0.2) is 0 Å². The highest BCUT2D eigenvalue weighted by Crippen LogP contribution is 2.24. The van der Waals surface area contributed by atoms with Gasteiger partial charge < -0.3 is 11.1 Å². The zero-order valence-electron chi connectivity index (χ0n) is 11.9. The van der Waals surface area contributed by atoms with Gasteiger partial charge in [-0.05, 0) is 23.5 Å². The molecule has 0 fully saturated rings. The third-order valence-corrected chi connectivity index (χ3v) is 3.78. The molecule has 0 saturated carbocycles. The van der Waals surface area contributed by atoms with Gasteiger partial charge in [-0.15, -0.1) is 0 Å². The van der Waals surface area contributed by atoms with Gasteiger partial charge in [-0.2, -0.15) is 0 Å². The maximum absolute atomic E-state index is 12.0. The highest BCUT2D eigenvalue weighted by Gasteiger charge is 2.23. The van der Waals surface area contributed by atoms with Gasteiger partial charge in [0, 0.05) is 18.3 Å². The van der Waals surface area contributed by atoms with Crippen LogP contribution >= 0.6 is 12.2 Å². The predicted molar refractivity (Wildman–Crippen MR) is 81.1 cm³/mol. The van der Waals surface area contributed by atoms with Crippen LogP contribution in [0.25, 0.3) is 0 Å². The van der Waals surface area contributed by atoms with Gasteiger partial charge in [0.25, 0.3) is 5.91 Å². The van der Waals surface area contributed by atoms with E-state index in [2.05, 4.69) is 38.0 Å². The van der Waals surface area contributed by atoms with Crippen molar-refractivity contribution in [3.8, 4) is 0 Å². The topological polar surface area (TPSA) is 68.0 Å². The van der Waals surface area contributed by atoms with E-state index in [1.54, 1.807) is 12.1 Å². The van der Waals surface area contributed by atoms with E-state index in [9.17, 15) is 4.79 Å². The molecule has 0 spiro atoms. The standard InChI is InChI=1S/C14H21N3OS/c1-9(2)14(3,4)8-17-13(18)11-6-5-10(7-16-11)12(15)19/h5-7,9H,8H2,1-4H3,(H2,15,19)(H,17,18). The monoisotopic (exact) mass is 279 g/mol. The molecule has 1 amide bonds. The Balaban J connectivity index is 2.66. The summed E-state index contributed by atoms with van der Waals surface area (Å²) in [5, 5.41) is 2.90. The molecule has 0 saturated heterocycles. The van der Waals surface area contributed by atoms with Crippen molar-refractivity contribution in [2.45, 2.75) is 27.7 Å². The SMILES string of the molecule is CC(C)C(C)(C)CNC(=O)c1ccc(C(N)=S)cn1. The normalized spacial score (nSPS) is 11.4. The highest BCUT2D eigenvalue weighted by molar-refractivity contribution is 7.80. The molecule has 5 heteroatoms. The summed E-state index contributed by atoms with van der Waals surface area (Å²) in [5.74, 6) is 0.306. The number of hydrogen-bond acceptors (Lipinski definition) is 3. The Kier molecular flexibility index (Phi) is 5.00. The summed E-state index contributed by atoms with van der Waals surface area (Å²) in [6.45, 7) is 9.15. The van der Waals surface area contributed by atoms with E-state index in [0.717, 1.165) is 0 Å². The molecule has 104 valence electrons. The molecule has 1 aromatic heterocycles. The van der Waals surface area contributed by atoms with E-state index in [-0.39, 0.29) is 16.3 Å². The molecule has 3 N–H and O–H groups in total.